The molecular weight excluding hydrogens is 258 g/mol. The van der Waals surface area contributed by atoms with Crippen molar-refractivity contribution in [2.24, 2.45) is 0 Å². The molecule has 0 amide bonds. The highest BCUT2D eigenvalue weighted by Crippen LogP contribution is 2.17. The Hall–Kier alpha value is -2.44. The minimum atomic E-state index is -0.499. The number of ether oxygens (including phenoxy) is 1. The second kappa shape index (κ2) is 6.14. The van der Waals surface area contributed by atoms with E-state index in [1.165, 1.54) is 6.33 Å². The van der Waals surface area contributed by atoms with E-state index >= 15 is 0 Å². The highest BCUT2D eigenvalue weighted by molar-refractivity contribution is 5.92. The third-order valence-corrected chi connectivity index (χ3v) is 2.83. The predicted molar refractivity (Wildman–Crippen MR) is 73.1 cm³/mol. The van der Waals surface area contributed by atoms with E-state index in [1.807, 2.05) is 6.92 Å². The van der Waals surface area contributed by atoms with Crippen LogP contribution in [0.1, 0.15) is 35.9 Å². The van der Waals surface area contributed by atoms with Crippen LogP contribution in [0.25, 0.3) is 0 Å². The number of aryl methyl sites for hydroxylation is 1. The molecule has 20 heavy (non-hydrogen) atoms. The number of hydrogen-bond donors (Lipinski definition) is 1. The lowest BCUT2D eigenvalue weighted by molar-refractivity contribution is 0.0521. The Labute approximate surface area is 116 Å². The zero-order valence-corrected chi connectivity index (χ0v) is 11.5. The molecule has 0 aliphatic rings. The minimum absolute atomic E-state index is 0.165. The van der Waals surface area contributed by atoms with Gasteiger partial charge in [-0.25, -0.2) is 19.7 Å². The molecule has 0 fully saturated rings. The van der Waals surface area contributed by atoms with Crippen LogP contribution in [0, 0.1) is 0 Å². The Morgan fingerprint density at radius 3 is 2.85 bits per heavy atom. The third kappa shape index (κ3) is 2.76. The SMILES string of the molecule is CCOC(=O)c1nc(CC)n(Cc2ccncn2)c1N. The molecule has 0 atom stereocenters. The van der Waals surface area contributed by atoms with Gasteiger partial charge in [-0.05, 0) is 13.0 Å². The predicted octanol–water partition coefficient (Wildman–Crippen LogP) is 1.04. The van der Waals surface area contributed by atoms with Crippen molar-refractivity contribution in [3.8, 4) is 0 Å². The Bertz CT molecular complexity index is 594. The number of nitrogens with zero attached hydrogens (tertiary/aromatic N) is 4. The van der Waals surface area contributed by atoms with Gasteiger partial charge in [0.15, 0.2) is 5.69 Å². The number of hydrogen-bond acceptors (Lipinski definition) is 6. The molecule has 2 N–H and O–H groups in total. The van der Waals surface area contributed by atoms with Gasteiger partial charge in [-0.2, -0.15) is 0 Å². The van der Waals surface area contributed by atoms with Gasteiger partial charge in [-0.1, -0.05) is 6.92 Å². The number of anilines is 1. The van der Waals surface area contributed by atoms with Crippen LogP contribution in [0.3, 0.4) is 0 Å². The highest BCUT2D eigenvalue weighted by Gasteiger charge is 2.20. The van der Waals surface area contributed by atoms with E-state index in [0.29, 0.717) is 25.4 Å². The fraction of sp³-hybridized carbons (Fsp3) is 0.385. The van der Waals surface area contributed by atoms with Crippen LogP contribution in [0.5, 0.6) is 0 Å². The molecule has 0 spiro atoms. The average molecular weight is 275 g/mol. The van der Waals surface area contributed by atoms with Crippen molar-refractivity contribution in [3.63, 3.8) is 0 Å². The van der Waals surface area contributed by atoms with E-state index in [0.717, 1.165) is 11.5 Å². The smallest absolute Gasteiger partial charge is 0.360 e. The lowest BCUT2D eigenvalue weighted by Gasteiger charge is -2.08. The first-order valence-electron chi connectivity index (χ1n) is 6.44. The number of nitrogen functional groups attached to an aromatic ring is 1. The Morgan fingerprint density at radius 1 is 1.45 bits per heavy atom. The third-order valence-electron chi connectivity index (χ3n) is 2.83. The number of nitrogens with two attached hydrogens (primary N) is 1. The lowest BCUT2D eigenvalue weighted by atomic mass is 10.3. The molecule has 0 aliphatic heterocycles. The van der Waals surface area contributed by atoms with Crippen molar-refractivity contribution in [1.82, 2.24) is 19.5 Å². The first-order chi connectivity index (χ1) is 9.67. The van der Waals surface area contributed by atoms with E-state index in [9.17, 15) is 4.79 Å². The van der Waals surface area contributed by atoms with Crippen LogP contribution in [0.4, 0.5) is 5.82 Å². The maximum atomic E-state index is 11.8. The molecule has 0 aromatic carbocycles. The van der Waals surface area contributed by atoms with Gasteiger partial charge in [0.1, 0.15) is 18.0 Å². The maximum Gasteiger partial charge on any atom is 0.360 e. The number of aromatic nitrogens is 4. The largest absolute Gasteiger partial charge is 0.461 e. The molecule has 0 aliphatic carbocycles. The summed E-state index contributed by atoms with van der Waals surface area (Å²) in [4.78, 5) is 24.1. The van der Waals surface area contributed by atoms with Crippen molar-refractivity contribution < 1.29 is 9.53 Å². The standard InChI is InChI=1S/C13H17N5O2/c1-3-10-17-11(13(19)20-4-2)12(14)18(10)7-9-5-6-15-8-16-9/h5-6,8H,3-4,7,14H2,1-2H3. The van der Waals surface area contributed by atoms with Crippen LogP contribution in [0.15, 0.2) is 18.6 Å². The number of esters is 1. The summed E-state index contributed by atoms with van der Waals surface area (Å²) >= 11 is 0. The van der Waals surface area contributed by atoms with E-state index < -0.39 is 5.97 Å². The summed E-state index contributed by atoms with van der Waals surface area (Å²) in [5, 5.41) is 0. The molecule has 2 aromatic rings. The Morgan fingerprint density at radius 2 is 2.25 bits per heavy atom. The summed E-state index contributed by atoms with van der Waals surface area (Å²) in [6.45, 7) is 4.43. The number of carbonyl (C=O) groups excluding carboxylic acids is 1. The second-order valence-electron chi connectivity index (χ2n) is 4.12. The van der Waals surface area contributed by atoms with Crippen LogP contribution < -0.4 is 5.73 Å². The quantitative estimate of drug-likeness (QED) is 0.819. The number of carbonyl (C=O) groups is 1. The van der Waals surface area contributed by atoms with E-state index in [1.54, 1.807) is 23.8 Å². The summed E-state index contributed by atoms with van der Waals surface area (Å²) < 4.78 is 6.72. The lowest BCUT2D eigenvalue weighted by Crippen LogP contribution is -2.11. The Balaban J connectivity index is 2.35. The fourth-order valence-electron chi connectivity index (χ4n) is 1.88. The Kier molecular flexibility index (Phi) is 4.29. The van der Waals surface area contributed by atoms with Gasteiger partial charge in [0.2, 0.25) is 0 Å². The van der Waals surface area contributed by atoms with Crippen molar-refractivity contribution in [2.45, 2.75) is 26.8 Å². The van der Waals surface area contributed by atoms with Gasteiger partial charge in [0, 0.05) is 12.6 Å². The van der Waals surface area contributed by atoms with Gasteiger partial charge in [0.05, 0.1) is 18.8 Å². The molecule has 0 saturated carbocycles. The molecule has 7 heteroatoms. The molecule has 2 rings (SSSR count). The molecule has 7 nitrogen and oxygen atoms in total. The summed E-state index contributed by atoms with van der Waals surface area (Å²) in [5.74, 6) is 0.532. The zero-order chi connectivity index (χ0) is 14.5. The molecule has 0 unspecified atom stereocenters. The van der Waals surface area contributed by atoms with Crippen molar-refractivity contribution in [3.05, 3.63) is 35.8 Å². The van der Waals surface area contributed by atoms with Crippen molar-refractivity contribution in [2.75, 3.05) is 12.3 Å². The molecule has 0 radical (unpaired) electrons. The van der Waals surface area contributed by atoms with Crippen LogP contribution >= 0.6 is 0 Å². The maximum absolute atomic E-state index is 11.8. The monoisotopic (exact) mass is 275 g/mol. The van der Waals surface area contributed by atoms with Gasteiger partial charge in [0.25, 0.3) is 0 Å². The van der Waals surface area contributed by atoms with Crippen LogP contribution in [0.2, 0.25) is 0 Å². The molecule has 106 valence electrons. The van der Waals surface area contributed by atoms with E-state index in [4.69, 9.17) is 10.5 Å². The molecular formula is C13H17N5O2. The topological polar surface area (TPSA) is 95.9 Å². The second-order valence-corrected chi connectivity index (χ2v) is 4.12. The first kappa shape index (κ1) is 14.0. The van der Waals surface area contributed by atoms with E-state index in [-0.39, 0.29) is 5.69 Å². The number of rotatable bonds is 5. The average Bonchev–Trinajstić information content (AvgIpc) is 2.77. The molecule has 0 bridgehead atoms. The fourth-order valence-corrected chi connectivity index (χ4v) is 1.88. The van der Waals surface area contributed by atoms with Gasteiger partial charge < -0.3 is 15.0 Å². The number of imidazole rings is 1. The van der Waals surface area contributed by atoms with Crippen molar-refractivity contribution >= 4 is 11.8 Å². The molecule has 2 heterocycles. The van der Waals surface area contributed by atoms with Gasteiger partial charge >= 0.3 is 5.97 Å². The summed E-state index contributed by atoms with van der Waals surface area (Å²) in [7, 11) is 0. The molecule has 0 saturated heterocycles. The van der Waals surface area contributed by atoms with Crippen molar-refractivity contribution in [1.29, 1.82) is 0 Å². The summed E-state index contributed by atoms with van der Waals surface area (Å²) in [6, 6.07) is 1.79. The van der Waals surface area contributed by atoms with Gasteiger partial charge in [-0.3, -0.25) is 0 Å². The molecule has 2 aromatic heterocycles. The normalized spacial score (nSPS) is 10.5. The van der Waals surface area contributed by atoms with Crippen LogP contribution in [-0.2, 0) is 17.7 Å². The highest BCUT2D eigenvalue weighted by atomic mass is 16.5. The minimum Gasteiger partial charge on any atom is -0.461 e. The van der Waals surface area contributed by atoms with Crippen LogP contribution in [-0.4, -0.2) is 32.1 Å². The summed E-state index contributed by atoms with van der Waals surface area (Å²) in [6.07, 6.45) is 3.79. The van der Waals surface area contributed by atoms with E-state index in [2.05, 4.69) is 15.0 Å². The summed E-state index contributed by atoms with van der Waals surface area (Å²) in [5.41, 5.74) is 6.98. The van der Waals surface area contributed by atoms with Gasteiger partial charge in [-0.15, -0.1) is 0 Å². The zero-order valence-electron chi connectivity index (χ0n) is 11.5. The first-order valence-corrected chi connectivity index (χ1v) is 6.44.